The lowest BCUT2D eigenvalue weighted by Crippen LogP contribution is -2.52. The predicted octanol–water partition coefficient (Wildman–Crippen LogP) is 1.81. The lowest BCUT2D eigenvalue weighted by atomic mass is 9.97. The molecule has 0 unspecified atom stereocenters. The molecule has 8 nitrogen and oxygen atoms in total. The van der Waals surface area contributed by atoms with Crippen LogP contribution in [0.2, 0.25) is 0 Å². The minimum Gasteiger partial charge on any atom is -0.394 e. The summed E-state index contributed by atoms with van der Waals surface area (Å²) in [5.74, 6) is 0. The standard InChI is InChI=1S/C19H30N4O4/c1-13(2)21-18(25)20-11-10-15-8-9-16(17(12-24)27-15)23-19(26)22-14-6-4-3-5-7-14/h3-7,13,15-17,24H,8-12H2,1-2H3,(H2,20,21,25)(H2,22,23,26)/t15-,16-,17-/m1/s1. The van der Waals surface area contributed by atoms with Crippen LogP contribution in [-0.2, 0) is 4.74 Å². The molecule has 0 aromatic heterocycles. The second kappa shape index (κ2) is 10.7. The largest absolute Gasteiger partial charge is 0.394 e. The lowest BCUT2D eigenvalue weighted by Gasteiger charge is -2.36. The van der Waals surface area contributed by atoms with Gasteiger partial charge in [-0.3, -0.25) is 0 Å². The minimum atomic E-state index is -0.463. The van der Waals surface area contributed by atoms with Crippen LogP contribution < -0.4 is 21.3 Å². The van der Waals surface area contributed by atoms with Gasteiger partial charge in [-0.2, -0.15) is 0 Å². The van der Waals surface area contributed by atoms with Crippen LogP contribution in [0.25, 0.3) is 0 Å². The summed E-state index contributed by atoms with van der Waals surface area (Å²) in [7, 11) is 0. The zero-order valence-electron chi connectivity index (χ0n) is 15.9. The van der Waals surface area contributed by atoms with Crippen molar-refractivity contribution in [2.45, 2.75) is 57.4 Å². The van der Waals surface area contributed by atoms with Crippen LogP contribution in [0.5, 0.6) is 0 Å². The summed E-state index contributed by atoms with van der Waals surface area (Å²) in [6.45, 7) is 4.12. The van der Waals surface area contributed by atoms with Crippen molar-refractivity contribution in [1.82, 2.24) is 16.0 Å². The number of rotatable bonds is 7. The molecule has 5 N–H and O–H groups in total. The summed E-state index contributed by atoms with van der Waals surface area (Å²) in [5, 5.41) is 20.8. The number of ether oxygens (including phenoxy) is 1. The summed E-state index contributed by atoms with van der Waals surface area (Å²) in [6, 6.07) is 8.48. The number of carbonyl (C=O) groups excluding carboxylic acids is 2. The number of amides is 4. The number of urea groups is 2. The Morgan fingerprint density at radius 1 is 1.19 bits per heavy atom. The number of anilines is 1. The van der Waals surface area contributed by atoms with Crippen molar-refractivity contribution in [3.63, 3.8) is 0 Å². The van der Waals surface area contributed by atoms with E-state index in [-0.39, 0.29) is 36.9 Å². The fourth-order valence-corrected chi connectivity index (χ4v) is 3.03. The zero-order valence-corrected chi connectivity index (χ0v) is 15.9. The molecule has 27 heavy (non-hydrogen) atoms. The molecule has 1 saturated heterocycles. The first-order valence-electron chi connectivity index (χ1n) is 9.41. The average Bonchev–Trinajstić information content (AvgIpc) is 2.63. The van der Waals surface area contributed by atoms with Gasteiger partial charge in [0.1, 0.15) is 6.10 Å². The van der Waals surface area contributed by atoms with Crippen LogP contribution in [0.1, 0.15) is 33.1 Å². The van der Waals surface area contributed by atoms with E-state index in [0.717, 1.165) is 6.42 Å². The summed E-state index contributed by atoms with van der Waals surface area (Å²) in [6.07, 6.45) is 1.59. The molecular weight excluding hydrogens is 348 g/mol. The van der Waals surface area contributed by atoms with E-state index in [9.17, 15) is 14.7 Å². The Kier molecular flexibility index (Phi) is 8.35. The van der Waals surface area contributed by atoms with Crippen LogP contribution in [-0.4, -0.2) is 54.6 Å². The Balaban J connectivity index is 1.73. The topological polar surface area (TPSA) is 112 Å². The summed E-state index contributed by atoms with van der Waals surface area (Å²) >= 11 is 0. The fraction of sp³-hybridized carbons (Fsp3) is 0.579. The molecule has 1 heterocycles. The molecule has 0 aliphatic carbocycles. The number of hydrogen-bond acceptors (Lipinski definition) is 4. The zero-order chi connectivity index (χ0) is 19.6. The lowest BCUT2D eigenvalue weighted by molar-refractivity contribution is -0.0885. The Morgan fingerprint density at radius 2 is 1.93 bits per heavy atom. The van der Waals surface area contributed by atoms with Gasteiger partial charge in [0.25, 0.3) is 0 Å². The maximum Gasteiger partial charge on any atom is 0.319 e. The van der Waals surface area contributed by atoms with Crippen molar-refractivity contribution in [3.8, 4) is 0 Å². The molecule has 1 fully saturated rings. The van der Waals surface area contributed by atoms with Crippen LogP contribution in [0, 0.1) is 0 Å². The average molecular weight is 378 g/mol. The molecule has 1 aromatic rings. The van der Waals surface area contributed by atoms with Gasteiger partial charge in [0.2, 0.25) is 0 Å². The Hall–Kier alpha value is -2.32. The van der Waals surface area contributed by atoms with E-state index in [2.05, 4.69) is 21.3 Å². The molecule has 0 spiro atoms. The highest BCUT2D eigenvalue weighted by atomic mass is 16.5. The molecular formula is C19H30N4O4. The van der Waals surface area contributed by atoms with Gasteiger partial charge in [0.05, 0.1) is 18.8 Å². The Bertz CT molecular complexity index is 597. The highest BCUT2D eigenvalue weighted by molar-refractivity contribution is 5.89. The monoisotopic (exact) mass is 378 g/mol. The smallest absolute Gasteiger partial charge is 0.319 e. The summed E-state index contributed by atoms with van der Waals surface area (Å²) < 4.78 is 5.90. The van der Waals surface area contributed by atoms with E-state index in [1.165, 1.54) is 0 Å². The highest BCUT2D eigenvalue weighted by Gasteiger charge is 2.31. The second-order valence-electron chi connectivity index (χ2n) is 6.97. The normalized spacial score (nSPS) is 22.1. The fourth-order valence-electron chi connectivity index (χ4n) is 3.03. The molecule has 4 amide bonds. The van der Waals surface area contributed by atoms with E-state index in [1.807, 2.05) is 32.0 Å². The summed E-state index contributed by atoms with van der Waals surface area (Å²) in [5.41, 5.74) is 0.705. The number of aliphatic hydroxyl groups excluding tert-OH is 1. The number of para-hydroxylation sites is 1. The van der Waals surface area contributed by atoms with Crippen LogP contribution in [0.15, 0.2) is 30.3 Å². The van der Waals surface area contributed by atoms with Crippen LogP contribution in [0.3, 0.4) is 0 Å². The van der Waals surface area contributed by atoms with E-state index in [0.29, 0.717) is 25.1 Å². The maximum absolute atomic E-state index is 12.1. The molecule has 0 bridgehead atoms. The second-order valence-corrected chi connectivity index (χ2v) is 6.97. The van der Waals surface area contributed by atoms with E-state index >= 15 is 0 Å². The van der Waals surface area contributed by atoms with Crippen molar-refractivity contribution in [1.29, 1.82) is 0 Å². The van der Waals surface area contributed by atoms with Gasteiger partial charge in [-0.05, 0) is 45.2 Å². The predicted molar refractivity (Wildman–Crippen MR) is 104 cm³/mol. The van der Waals surface area contributed by atoms with E-state index in [4.69, 9.17) is 4.74 Å². The minimum absolute atomic E-state index is 0.0586. The molecule has 1 aliphatic rings. The van der Waals surface area contributed by atoms with E-state index in [1.54, 1.807) is 12.1 Å². The van der Waals surface area contributed by atoms with Gasteiger partial charge < -0.3 is 31.1 Å². The van der Waals surface area contributed by atoms with E-state index < -0.39 is 6.10 Å². The van der Waals surface area contributed by atoms with Gasteiger partial charge in [0.15, 0.2) is 0 Å². The maximum atomic E-state index is 12.1. The summed E-state index contributed by atoms with van der Waals surface area (Å²) in [4.78, 5) is 23.7. The number of carbonyl (C=O) groups is 2. The molecule has 3 atom stereocenters. The quantitative estimate of drug-likeness (QED) is 0.498. The van der Waals surface area contributed by atoms with Gasteiger partial charge in [-0.25, -0.2) is 9.59 Å². The third-order valence-corrected chi connectivity index (χ3v) is 4.32. The van der Waals surface area contributed by atoms with Crippen molar-refractivity contribution < 1.29 is 19.4 Å². The van der Waals surface area contributed by atoms with Crippen molar-refractivity contribution in [2.75, 3.05) is 18.5 Å². The molecule has 8 heteroatoms. The molecule has 1 aromatic carbocycles. The SMILES string of the molecule is CC(C)NC(=O)NCC[C@H]1CC[C@@H](NC(=O)Nc2ccccc2)[C@@H](CO)O1. The first-order chi connectivity index (χ1) is 13.0. The van der Waals surface area contributed by atoms with Gasteiger partial charge >= 0.3 is 12.1 Å². The highest BCUT2D eigenvalue weighted by Crippen LogP contribution is 2.21. The molecule has 0 saturated carbocycles. The van der Waals surface area contributed by atoms with Gasteiger partial charge in [-0.1, -0.05) is 18.2 Å². The van der Waals surface area contributed by atoms with Gasteiger partial charge in [-0.15, -0.1) is 0 Å². The van der Waals surface area contributed by atoms with Crippen LogP contribution >= 0.6 is 0 Å². The molecule has 2 rings (SSSR count). The van der Waals surface area contributed by atoms with Gasteiger partial charge in [0, 0.05) is 18.3 Å². The molecule has 150 valence electrons. The van der Waals surface area contributed by atoms with Crippen molar-refractivity contribution >= 4 is 17.7 Å². The van der Waals surface area contributed by atoms with Crippen molar-refractivity contribution in [2.24, 2.45) is 0 Å². The third-order valence-electron chi connectivity index (χ3n) is 4.32. The third kappa shape index (κ3) is 7.44. The number of benzene rings is 1. The Morgan fingerprint density at radius 3 is 2.59 bits per heavy atom. The number of nitrogens with one attached hydrogen (secondary N) is 4. The first kappa shape index (κ1) is 21.0. The molecule has 1 aliphatic heterocycles. The van der Waals surface area contributed by atoms with Crippen molar-refractivity contribution in [3.05, 3.63) is 30.3 Å². The Labute approximate surface area is 160 Å². The molecule has 0 radical (unpaired) electrons. The number of aliphatic hydroxyl groups is 1. The number of hydrogen-bond donors (Lipinski definition) is 5. The first-order valence-corrected chi connectivity index (χ1v) is 9.41. The van der Waals surface area contributed by atoms with Crippen LogP contribution in [0.4, 0.5) is 15.3 Å².